The number of nitrogens with zero attached hydrogens (tertiary/aromatic N) is 4. The summed E-state index contributed by atoms with van der Waals surface area (Å²) < 4.78 is 39.1. The van der Waals surface area contributed by atoms with Gasteiger partial charge in [0.1, 0.15) is 5.03 Å². The van der Waals surface area contributed by atoms with Crippen LogP contribution in [0.3, 0.4) is 0 Å². The highest BCUT2D eigenvalue weighted by Crippen LogP contribution is 2.37. The molecule has 3 rings (SSSR count). The molecule has 0 aliphatic carbocycles. The summed E-state index contributed by atoms with van der Waals surface area (Å²) in [7, 11) is 0. The van der Waals surface area contributed by atoms with Crippen LogP contribution in [0, 0.1) is 0 Å². The van der Waals surface area contributed by atoms with Gasteiger partial charge < -0.3 is 0 Å². The third-order valence-electron chi connectivity index (χ3n) is 2.62. The SMILES string of the molecule is FC(F)(F)c1nnc2ccc(Sc3c(Cl)cccc3Cl)nn12. The standard InChI is InChI=1S/C12H5Cl2F3N4S/c13-6-2-1-3-7(14)10(6)22-9-5-4-8-18-19-11(12(15,16)17)21(8)20-9/h1-5H. The van der Waals surface area contributed by atoms with Gasteiger partial charge >= 0.3 is 6.18 Å². The summed E-state index contributed by atoms with van der Waals surface area (Å²) in [5, 5.41) is 11.5. The van der Waals surface area contributed by atoms with Crippen LogP contribution in [0.15, 0.2) is 40.3 Å². The molecule has 0 atom stereocenters. The van der Waals surface area contributed by atoms with Crippen LogP contribution in [-0.2, 0) is 6.18 Å². The number of hydrogen-bond donors (Lipinski definition) is 0. The summed E-state index contributed by atoms with van der Waals surface area (Å²) in [4.78, 5) is 0.513. The molecule has 0 saturated heterocycles. The van der Waals surface area contributed by atoms with Crippen LogP contribution >= 0.6 is 35.0 Å². The smallest absolute Gasteiger partial charge is 0.188 e. The zero-order valence-electron chi connectivity index (χ0n) is 10.5. The van der Waals surface area contributed by atoms with Crippen molar-refractivity contribution in [3.8, 4) is 0 Å². The molecule has 0 aliphatic rings. The van der Waals surface area contributed by atoms with Gasteiger partial charge in [0.15, 0.2) is 5.65 Å². The molecular formula is C12H5Cl2F3N4S. The normalized spacial score (nSPS) is 12.0. The fraction of sp³-hybridized carbons (Fsp3) is 0.0833. The number of fused-ring (bicyclic) bond motifs is 1. The highest BCUT2D eigenvalue weighted by Gasteiger charge is 2.37. The van der Waals surface area contributed by atoms with Crippen molar-refractivity contribution in [2.75, 3.05) is 0 Å². The molecular weight excluding hydrogens is 360 g/mol. The minimum Gasteiger partial charge on any atom is -0.188 e. The van der Waals surface area contributed by atoms with E-state index < -0.39 is 12.0 Å². The van der Waals surface area contributed by atoms with E-state index >= 15 is 0 Å². The first-order valence-electron chi connectivity index (χ1n) is 5.78. The van der Waals surface area contributed by atoms with Gasteiger partial charge in [0.25, 0.3) is 5.82 Å². The largest absolute Gasteiger partial charge is 0.453 e. The Bertz CT molecular complexity index is 830. The Morgan fingerprint density at radius 1 is 1.00 bits per heavy atom. The first-order chi connectivity index (χ1) is 10.4. The van der Waals surface area contributed by atoms with E-state index in [1.807, 2.05) is 0 Å². The van der Waals surface area contributed by atoms with E-state index in [1.54, 1.807) is 18.2 Å². The van der Waals surface area contributed by atoms with Crippen LogP contribution in [-0.4, -0.2) is 19.8 Å². The van der Waals surface area contributed by atoms with Crippen LogP contribution in [0.25, 0.3) is 5.65 Å². The van der Waals surface area contributed by atoms with E-state index in [4.69, 9.17) is 23.2 Å². The number of hydrogen-bond acceptors (Lipinski definition) is 4. The maximum absolute atomic E-state index is 12.8. The van der Waals surface area contributed by atoms with Gasteiger partial charge in [0.05, 0.1) is 14.9 Å². The Morgan fingerprint density at radius 3 is 2.32 bits per heavy atom. The molecule has 2 aromatic heterocycles. The average Bonchev–Trinajstić information content (AvgIpc) is 2.86. The van der Waals surface area contributed by atoms with Gasteiger partial charge in [-0.25, -0.2) is 0 Å². The second-order valence-electron chi connectivity index (χ2n) is 4.12. The van der Waals surface area contributed by atoms with Crippen molar-refractivity contribution in [3.63, 3.8) is 0 Å². The molecule has 10 heteroatoms. The second-order valence-corrected chi connectivity index (χ2v) is 5.96. The van der Waals surface area contributed by atoms with Crippen LogP contribution < -0.4 is 0 Å². The number of rotatable bonds is 2. The van der Waals surface area contributed by atoms with Gasteiger partial charge in [-0.3, -0.25) is 0 Å². The lowest BCUT2D eigenvalue weighted by atomic mass is 10.4. The van der Waals surface area contributed by atoms with Gasteiger partial charge in [0, 0.05) is 0 Å². The molecule has 0 spiro atoms. The fourth-order valence-electron chi connectivity index (χ4n) is 1.69. The van der Waals surface area contributed by atoms with Crippen molar-refractivity contribution in [2.24, 2.45) is 0 Å². The minimum atomic E-state index is -4.64. The molecule has 0 aliphatic heterocycles. The zero-order chi connectivity index (χ0) is 15.9. The van der Waals surface area contributed by atoms with E-state index in [-0.39, 0.29) is 10.7 Å². The van der Waals surface area contributed by atoms with E-state index in [0.717, 1.165) is 11.8 Å². The molecule has 0 saturated carbocycles. The summed E-state index contributed by atoms with van der Waals surface area (Å²) in [5.74, 6) is -1.18. The third-order valence-corrected chi connectivity index (χ3v) is 4.54. The summed E-state index contributed by atoms with van der Waals surface area (Å²) in [5.41, 5.74) is 0.00179. The Labute approximate surface area is 136 Å². The molecule has 0 fully saturated rings. The van der Waals surface area contributed by atoms with Crippen LogP contribution in [0.1, 0.15) is 5.82 Å². The molecule has 114 valence electrons. The van der Waals surface area contributed by atoms with Crippen molar-refractivity contribution < 1.29 is 13.2 Å². The van der Waals surface area contributed by atoms with Crippen molar-refractivity contribution >= 4 is 40.6 Å². The molecule has 1 aromatic carbocycles. The summed E-state index contributed by atoms with van der Waals surface area (Å²) in [6, 6.07) is 7.85. The van der Waals surface area contributed by atoms with E-state index in [1.165, 1.54) is 12.1 Å². The number of aromatic nitrogens is 4. The molecule has 0 N–H and O–H groups in total. The highest BCUT2D eigenvalue weighted by molar-refractivity contribution is 7.99. The highest BCUT2D eigenvalue weighted by atomic mass is 35.5. The first kappa shape index (κ1) is 15.4. The average molecular weight is 365 g/mol. The van der Waals surface area contributed by atoms with Gasteiger partial charge in [-0.05, 0) is 24.3 Å². The lowest BCUT2D eigenvalue weighted by molar-refractivity contribution is -0.146. The summed E-state index contributed by atoms with van der Waals surface area (Å²) in [6.45, 7) is 0. The molecule has 4 nitrogen and oxygen atoms in total. The van der Waals surface area contributed by atoms with Gasteiger partial charge in [-0.15, -0.1) is 10.2 Å². The van der Waals surface area contributed by atoms with E-state index in [9.17, 15) is 13.2 Å². The van der Waals surface area contributed by atoms with Crippen molar-refractivity contribution in [1.29, 1.82) is 0 Å². The molecule has 0 bridgehead atoms. The molecule has 22 heavy (non-hydrogen) atoms. The van der Waals surface area contributed by atoms with Gasteiger partial charge in [-0.1, -0.05) is 41.0 Å². The fourth-order valence-corrected chi connectivity index (χ4v) is 3.12. The van der Waals surface area contributed by atoms with E-state index in [2.05, 4.69) is 15.3 Å². The topological polar surface area (TPSA) is 43.1 Å². The Hall–Kier alpha value is -1.51. The Balaban J connectivity index is 2.05. The monoisotopic (exact) mass is 364 g/mol. The number of halogens is 5. The van der Waals surface area contributed by atoms with Crippen LogP contribution in [0.5, 0.6) is 0 Å². The minimum absolute atomic E-state index is 0.00179. The van der Waals surface area contributed by atoms with Crippen LogP contribution in [0.4, 0.5) is 13.2 Å². The predicted octanol–water partition coefficient (Wildman–Crippen LogP) is 4.60. The lowest BCUT2D eigenvalue weighted by Crippen LogP contribution is -2.12. The molecule has 0 radical (unpaired) electrons. The first-order valence-corrected chi connectivity index (χ1v) is 7.35. The Kier molecular flexibility index (Phi) is 3.92. The second kappa shape index (κ2) is 5.60. The quantitative estimate of drug-likeness (QED) is 0.666. The molecule has 0 amide bonds. The van der Waals surface area contributed by atoms with Gasteiger partial charge in [-0.2, -0.15) is 22.8 Å². The number of alkyl halides is 3. The predicted molar refractivity (Wildman–Crippen MR) is 76.4 cm³/mol. The molecule has 0 unspecified atom stereocenters. The molecule has 3 aromatic rings. The lowest BCUT2D eigenvalue weighted by Gasteiger charge is -2.07. The maximum atomic E-state index is 12.8. The van der Waals surface area contributed by atoms with Crippen molar-refractivity contribution in [3.05, 3.63) is 46.2 Å². The Morgan fingerprint density at radius 2 is 1.68 bits per heavy atom. The van der Waals surface area contributed by atoms with Crippen molar-refractivity contribution in [1.82, 2.24) is 19.8 Å². The van der Waals surface area contributed by atoms with Crippen molar-refractivity contribution in [2.45, 2.75) is 16.1 Å². The van der Waals surface area contributed by atoms with Crippen LogP contribution in [0.2, 0.25) is 10.0 Å². The maximum Gasteiger partial charge on any atom is 0.453 e. The zero-order valence-corrected chi connectivity index (χ0v) is 12.8. The van der Waals surface area contributed by atoms with E-state index in [0.29, 0.717) is 19.5 Å². The van der Waals surface area contributed by atoms with Gasteiger partial charge in [0.2, 0.25) is 0 Å². The summed E-state index contributed by atoms with van der Waals surface area (Å²) in [6.07, 6.45) is -4.64. The molecule has 2 heterocycles. The number of benzene rings is 1. The summed E-state index contributed by atoms with van der Waals surface area (Å²) >= 11 is 13.1. The third kappa shape index (κ3) is 2.86.